The van der Waals surface area contributed by atoms with Gasteiger partial charge in [-0.1, -0.05) is 56.3 Å². The highest BCUT2D eigenvalue weighted by molar-refractivity contribution is 5.97. The van der Waals surface area contributed by atoms with E-state index in [2.05, 4.69) is 13.8 Å². The fourth-order valence-corrected chi connectivity index (χ4v) is 3.89. The number of nitrogens with zero attached hydrogens (tertiary/aromatic N) is 3. The summed E-state index contributed by atoms with van der Waals surface area (Å²) in [6.45, 7) is 9.35. The second-order valence-corrected chi connectivity index (χ2v) is 9.25. The molecule has 0 fully saturated rings. The van der Waals surface area contributed by atoms with Gasteiger partial charge in [-0.25, -0.2) is 0 Å². The molecule has 1 aromatic heterocycles. The van der Waals surface area contributed by atoms with Gasteiger partial charge in [0.05, 0.1) is 6.54 Å². The Morgan fingerprint density at radius 3 is 2.03 bits per heavy atom. The number of hydrogen-bond acceptors (Lipinski definition) is 2. The Morgan fingerprint density at radius 2 is 1.48 bits per heavy atom. The second-order valence-electron chi connectivity index (χ2n) is 9.25. The average Bonchev–Trinajstić information content (AvgIpc) is 3.21. The van der Waals surface area contributed by atoms with E-state index in [-0.39, 0.29) is 24.4 Å². The van der Waals surface area contributed by atoms with Gasteiger partial charge in [-0.3, -0.25) is 9.59 Å². The molecule has 33 heavy (non-hydrogen) atoms. The zero-order valence-electron chi connectivity index (χ0n) is 20.4. The Labute approximate surface area is 197 Å². The van der Waals surface area contributed by atoms with Crippen molar-refractivity contribution in [2.75, 3.05) is 13.1 Å². The fraction of sp³-hybridized carbons (Fsp3) is 0.357. The highest BCUT2D eigenvalue weighted by Gasteiger charge is 2.25. The van der Waals surface area contributed by atoms with Crippen molar-refractivity contribution in [1.82, 2.24) is 14.4 Å². The molecule has 0 aliphatic carbocycles. The van der Waals surface area contributed by atoms with Crippen LogP contribution in [-0.4, -0.2) is 45.3 Å². The third-order valence-corrected chi connectivity index (χ3v) is 5.77. The molecule has 0 radical (unpaired) electrons. The van der Waals surface area contributed by atoms with E-state index in [1.807, 2.05) is 103 Å². The van der Waals surface area contributed by atoms with Crippen LogP contribution in [0.2, 0.25) is 0 Å². The second kappa shape index (κ2) is 11.0. The Morgan fingerprint density at radius 1 is 0.848 bits per heavy atom. The van der Waals surface area contributed by atoms with Gasteiger partial charge in [-0.05, 0) is 55.2 Å². The number of amides is 2. The van der Waals surface area contributed by atoms with Crippen molar-refractivity contribution in [3.8, 4) is 11.1 Å². The van der Waals surface area contributed by atoms with Gasteiger partial charge in [0.25, 0.3) is 5.91 Å². The van der Waals surface area contributed by atoms with Gasteiger partial charge < -0.3 is 14.4 Å². The summed E-state index contributed by atoms with van der Waals surface area (Å²) in [6, 6.07) is 21.6. The van der Waals surface area contributed by atoms with Gasteiger partial charge in [0, 0.05) is 37.1 Å². The van der Waals surface area contributed by atoms with Crippen LogP contribution in [0.3, 0.4) is 0 Å². The molecule has 0 unspecified atom stereocenters. The van der Waals surface area contributed by atoms with E-state index in [1.165, 1.54) is 0 Å². The summed E-state index contributed by atoms with van der Waals surface area (Å²) in [5, 5.41) is 0. The molecule has 5 nitrogen and oxygen atoms in total. The number of carbonyl (C=O) groups excluding carboxylic acids is 2. The maximum absolute atomic E-state index is 13.3. The monoisotopic (exact) mass is 445 g/mol. The minimum Gasteiger partial charge on any atom is -0.353 e. The zero-order valence-corrected chi connectivity index (χ0v) is 20.4. The van der Waals surface area contributed by atoms with Crippen molar-refractivity contribution in [1.29, 1.82) is 0 Å². The number of benzene rings is 2. The average molecular weight is 446 g/mol. The fourth-order valence-electron chi connectivity index (χ4n) is 3.89. The number of hydrogen-bond donors (Lipinski definition) is 0. The smallest absolute Gasteiger partial charge is 0.254 e. The Balaban J connectivity index is 1.76. The predicted octanol–water partition coefficient (Wildman–Crippen LogP) is 5.23. The maximum Gasteiger partial charge on any atom is 0.254 e. The lowest BCUT2D eigenvalue weighted by atomic mass is 10.0. The lowest BCUT2D eigenvalue weighted by Gasteiger charge is -2.31. The third-order valence-electron chi connectivity index (χ3n) is 5.77. The molecule has 0 aliphatic rings. The number of aromatic nitrogens is 1. The molecule has 5 heteroatoms. The van der Waals surface area contributed by atoms with Crippen LogP contribution < -0.4 is 0 Å². The van der Waals surface area contributed by atoms with E-state index in [4.69, 9.17) is 0 Å². The maximum atomic E-state index is 13.3. The molecule has 0 saturated heterocycles. The molecule has 0 N–H and O–H groups in total. The predicted molar refractivity (Wildman–Crippen MR) is 134 cm³/mol. The Hall–Kier alpha value is -3.34. The lowest BCUT2D eigenvalue weighted by Crippen LogP contribution is -2.46. The zero-order chi connectivity index (χ0) is 24.0. The van der Waals surface area contributed by atoms with E-state index >= 15 is 0 Å². The minimum atomic E-state index is -0.124. The Bertz CT molecular complexity index is 1050. The highest BCUT2D eigenvalue weighted by Crippen LogP contribution is 2.20. The molecule has 3 rings (SSSR count). The third kappa shape index (κ3) is 6.35. The first-order valence-electron chi connectivity index (χ1n) is 11.6. The van der Waals surface area contributed by atoms with E-state index in [0.717, 1.165) is 16.8 Å². The van der Waals surface area contributed by atoms with E-state index < -0.39 is 0 Å². The van der Waals surface area contributed by atoms with Crippen molar-refractivity contribution >= 4 is 11.8 Å². The summed E-state index contributed by atoms with van der Waals surface area (Å²) in [4.78, 5) is 30.2. The highest BCUT2D eigenvalue weighted by atomic mass is 16.2. The topological polar surface area (TPSA) is 45.6 Å². The van der Waals surface area contributed by atoms with Crippen molar-refractivity contribution in [2.24, 2.45) is 13.0 Å². The molecule has 0 atom stereocenters. The summed E-state index contributed by atoms with van der Waals surface area (Å²) in [7, 11) is 1.98. The van der Waals surface area contributed by atoms with Crippen molar-refractivity contribution < 1.29 is 9.59 Å². The molecular weight excluding hydrogens is 410 g/mol. The van der Waals surface area contributed by atoms with Crippen molar-refractivity contribution in [3.05, 3.63) is 84.2 Å². The standard InChI is InChI=1S/C28H35N3O2/c1-21(2)18-30(19-26-12-9-17-29(26)5)27(32)20-31(22(3)4)28(33)25-15-13-24(14-16-25)23-10-7-6-8-11-23/h6-17,21-22H,18-20H2,1-5H3. The summed E-state index contributed by atoms with van der Waals surface area (Å²) >= 11 is 0. The SMILES string of the molecule is CC(C)CN(Cc1cccn1C)C(=O)CN(C(=O)c1ccc(-c2ccccc2)cc1)C(C)C. The minimum absolute atomic E-state index is 0.0344. The normalized spacial score (nSPS) is 11.1. The van der Waals surface area contributed by atoms with Gasteiger partial charge in [0.1, 0.15) is 6.54 Å². The number of rotatable bonds is 9. The lowest BCUT2D eigenvalue weighted by molar-refractivity contribution is -0.133. The molecule has 2 amide bonds. The van der Waals surface area contributed by atoms with Crippen LogP contribution in [0.4, 0.5) is 0 Å². The van der Waals surface area contributed by atoms with E-state index in [1.54, 1.807) is 4.90 Å². The quantitative estimate of drug-likeness (QED) is 0.453. The summed E-state index contributed by atoms with van der Waals surface area (Å²) in [5.74, 6) is 0.178. The van der Waals surface area contributed by atoms with Gasteiger partial charge in [-0.2, -0.15) is 0 Å². The largest absolute Gasteiger partial charge is 0.353 e. The van der Waals surface area contributed by atoms with Gasteiger partial charge in [-0.15, -0.1) is 0 Å². The number of aryl methyl sites for hydroxylation is 1. The molecule has 0 saturated carbocycles. The van der Waals surface area contributed by atoms with Crippen LogP contribution in [0.15, 0.2) is 72.9 Å². The molecule has 174 valence electrons. The van der Waals surface area contributed by atoms with E-state index in [9.17, 15) is 9.59 Å². The van der Waals surface area contributed by atoms with Crippen molar-refractivity contribution in [3.63, 3.8) is 0 Å². The van der Waals surface area contributed by atoms with Crippen LogP contribution in [0.25, 0.3) is 11.1 Å². The summed E-state index contributed by atoms with van der Waals surface area (Å²) in [5.41, 5.74) is 3.83. The number of carbonyl (C=O) groups is 2. The first-order chi connectivity index (χ1) is 15.8. The molecule has 0 aliphatic heterocycles. The van der Waals surface area contributed by atoms with Crippen LogP contribution in [0, 0.1) is 5.92 Å². The van der Waals surface area contributed by atoms with Crippen LogP contribution >= 0.6 is 0 Å². The first kappa shape index (κ1) is 24.3. The summed E-state index contributed by atoms with van der Waals surface area (Å²) in [6.07, 6.45) is 1.98. The molecule has 1 heterocycles. The Kier molecular flexibility index (Phi) is 8.10. The van der Waals surface area contributed by atoms with Crippen LogP contribution in [0.1, 0.15) is 43.7 Å². The van der Waals surface area contributed by atoms with Gasteiger partial charge >= 0.3 is 0 Å². The molecule has 0 spiro atoms. The van der Waals surface area contributed by atoms with Crippen molar-refractivity contribution in [2.45, 2.75) is 40.3 Å². The van der Waals surface area contributed by atoms with Gasteiger partial charge in [0.15, 0.2) is 0 Å². The molecular formula is C28H35N3O2. The molecule has 2 aromatic carbocycles. The van der Waals surface area contributed by atoms with Crippen LogP contribution in [0.5, 0.6) is 0 Å². The van der Waals surface area contributed by atoms with Crippen LogP contribution in [-0.2, 0) is 18.4 Å². The van der Waals surface area contributed by atoms with Gasteiger partial charge in [0.2, 0.25) is 5.91 Å². The van der Waals surface area contributed by atoms with E-state index in [0.29, 0.717) is 24.6 Å². The molecule has 0 bridgehead atoms. The molecule has 3 aromatic rings. The first-order valence-corrected chi connectivity index (χ1v) is 11.6. The summed E-state index contributed by atoms with van der Waals surface area (Å²) < 4.78 is 2.03.